The molecule has 23 heavy (non-hydrogen) atoms. The fourth-order valence-electron chi connectivity index (χ4n) is 2.72. The highest BCUT2D eigenvalue weighted by Crippen LogP contribution is 2.21. The van der Waals surface area contributed by atoms with Crippen molar-refractivity contribution in [1.29, 1.82) is 0 Å². The Bertz CT molecular complexity index is 979. The lowest BCUT2D eigenvalue weighted by Gasteiger charge is -2.15. The number of hydrogen-bond donors (Lipinski definition) is 0. The van der Waals surface area contributed by atoms with E-state index in [1.807, 2.05) is 32.0 Å². The van der Waals surface area contributed by atoms with Gasteiger partial charge in [0.2, 0.25) is 0 Å². The lowest BCUT2D eigenvalue weighted by molar-refractivity contribution is 0.620. The lowest BCUT2D eigenvalue weighted by Crippen LogP contribution is -2.24. The molecule has 0 N–H and O–H groups in total. The molecule has 0 radical (unpaired) electrons. The molecule has 1 heterocycles. The maximum absolute atomic E-state index is 13.8. The van der Waals surface area contributed by atoms with Gasteiger partial charge in [-0.05, 0) is 49.2 Å². The van der Waals surface area contributed by atoms with Gasteiger partial charge in [0.25, 0.3) is 5.56 Å². The molecule has 0 saturated heterocycles. The van der Waals surface area contributed by atoms with E-state index in [-0.39, 0.29) is 11.4 Å². The summed E-state index contributed by atoms with van der Waals surface area (Å²) in [7, 11) is 0. The molecule has 0 amide bonds. The molecule has 0 fully saturated rings. The van der Waals surface area contributed by atoms with Crippen molar-refractivity contribution in [2.75, 3.05) is 0 Å². The molecule has 0 unspecified atom stereocenters. The normalized spacial score (nSPS) is 11.2. The van der Waals surface area contributed by atoms with Crippen LogP contribution < -0.4 is 5.56 Å². The number of aryl methyl sites for hydroxylation is 3. The maximum Gasteiger partial charge on any atom is 0.265 e. The van der Waals surface area contributed by atoms with Gasteiger partial charge in [-0.25, -0.2) is 9.37 Å². The molecule has 0 aliphatic heterocycles. The molecule has 1 aromatic heterocycles. The van der Waals surface area contributed by atoms with Crippen LogP contribution in [0.4, 0.5) is 4.39 Å². The van der Waals surface area contributed by atoms with Gasteiger partial charge in [0.05, 0.1) is 16.6 Å². The van der Waals surface area contributed by atoms with Crippen LogP contribution in [0.5, 0.6) is 0 Å². The van der Waals surface area contributed by atoms with Crippen molar-refractivity contribution in [3.05, 3.63) is 67.9 Å². The Hall–Kier alpha value is -2.01. The van der Waals surface area contributed by atoms with E-state index in [1.54, 1.807) is 17.6 Å². The van der Waals surface area contributed by atoms with Crippen LogP contribution in [0.25, 0.3) is 16.6 Å². The summed E-state index contributed by atoms with van der Waals surface area (Å²) in [5.74, 6) is 0.278. The van der Waals surface area contributed by atoms with Crippen LogP contribution in [0, 0.1) is 19.7 Å². The molecule has 0 aliphatic rings. The molecule has 5 heteroatoms. The smallest absolute Gasteiger partial charge is 0.265 e. The monoisotopic (exact) mass is 374 g/mol. The third-order valence-corrected chi connectivity index (χ3v) is 4.43. The second-order valence-corrected chi connectivity index (χ2v) is 6.49. The number of rotatable bonds is 2. The quantitative estimate of drug-likeness (QED) is 0.663. The van der Waals surface area contributed by atoms with Crippen LogP contribution in [0.2, 0.25) is 0 Å². The van der Waals surface area contributed by atoms with Gasteiger partial charge < -0.3 is 0 Å². The molecule has 0 spiro atoms. The summed E-state index contributed by atoms with van der Waals surface area (Å²) in [5, 5.41) is 0.434. The van der Waals surface area contributed by atoms with Gasteiger partial charge in [-0.2, -0.15) is 0 Å². The second-order valence-electron chi connectivity index (χ2n) is 5.57. The van der Waals surface area contributed by atoms with E-state index in [0.717, 1.165) is 15.7 Å². The highest BCUT2D eigenvalue weighted by molar-refractivity contribution is 9.10. The van der Waals surface area contributed by atoms with Gasteiger partial charge in [0.1, 0.15) is 11.6 Å². The molecule has 0 saturated carbocycles. The fraction of sp³-hybridized carbons (Fsp3) is 0.222. The first-order valence-corrected chi connectivity index (χ1v) is 8.20. The summed E-state index contributed by atoms with van der Waals surface area (Å²) >= 11 is 3.44. The second kappa shape index (κ2) is 5.89. The van der Waals surface area contributed by atoms with Crippen molar-refractivity contribution >= 4 is 26.8 Å². The number of nitrogens with zero attached hydrogens (tertiary/aromatic N) is 2. The summed E-state index contributed by atoms with van der Waals surface area (Å²) in [4.78, 5) is 17.5. The SMILES string of the molecule is CCc1nc2cc(F)c(C)cc2c(=O)n1-c1ccc(Br)cc1C. The number of halogens is 2. The number of hydrogen-bond acceptors (Lipinski definition) is 2. The summed E-state index contributed by atoms with van der Waals surface area (Å²) in [5.41, 5.74) is 2.45. The van der Waals surface area contributed by atoms with Crippen LogP contribution in [0.3, 0.4) is 0 Å². The minimum atomic E-state index is -0.343. The van der Waals surface area contributed by atoms with Crippen LogP contribution in [0.1, 0.15) is 23.9 Å². The fourth-order valence-corrected chi connectivity index (χ4v) is 3.19. The number of aromatic nitrogens is 2. The molecule has 118 valence electrons. The van der Waals surface area contributed by atoms with Crippen LogP contribution in [-0.4, -0.2) is 9.55 Å². The molecule has 0 atom stereocenters. The highest BCUT2D eigenvalue weighted by atomic mass is 79.9. The van der Waals surface area contributed by atoms with E-state index in [0.29, 0.717) is 28.7 Å². The zero-order chi connectivity index (χ0) is 16.7. The molecule has 0 bridgehead atoms. The summed E-state index contributed by atoms with van der Waals surface area (Å²) < 4.78 is 16.4. The predicted octanol–water partition coefficient (Wildman–Crippen LogP) is 4.47. The predicted molar refractivity (Wildman–Crippen MR) is 93.9 cm³/mol. The standard InChI is InChI=1S/C18H16BrFN2O/c1-4-17-21-15-9-14(20)10(2)8-13(15)18(23)22(17)16-6-5-12(19)7-11(16)3/h5-9H,4H2,1-3H3. The Morgan fingerprint density at radius 2 is 1.91 bits per heavy atom. The lowest BCUT2D eigenvalue weighted by atomic mass is 10.1. The largest absolute Gasteiger partial charge is 0.268 e. The molecule has 0 aliphatic carbocycles. The topological polar surface area (TPSA) is 34.9 Å². The molecular weight excluding hydrogens is 359 g/mol. The summed E-state index contributed by atoms with van der Waals surface area (Å²) in [6.07, 6.45) is 0.580. The van der Waals surface area contributed by atoms with E-state index in [1.165, 1.54) is 6.07 Å². The van der Waals surface area contributed by atoms with Crippen molar-refractivity contribution in [3.8, 4) is 5.69 Å². The first-order chi connectivity index (χ1) is 10.9. The third kappa shape index (κ3) is 2.70. The van der Waals surface area contributed by atoms with Gasteiger partial charge in [-0.15, -0.1) is 0 Å². The molecule has 3 rings (SSSR count). The van der Waals surface area contributed by atoms with Gasteiger partial charge in [0, 0.05) is 17.0 Å². The Balaban J connectivity index is 2.42. The molecule has 3 aromatic rings. The Morgan fingerprint density at radius 3 is 2.57 bits per heavy atom. The first-order valence-electron chi connectivity index (χ1n) is 7.40. The van der Waals surface area contributed by atoms with Crippen molar-refractivity contribution in [2.24, 2.45) is 0 Å². The molecule has 2 aromatic carbocycles. The maximum atomic E-state index is 13.8. The first kappa shape index (κ1) is 15.9. The van der Waals surface area contributed by atoms with Crippen molar-refractivity contribution in [3.63, 3.8) is 0 Å². The average Bonchev–Trinajstić information content (AvgIpc) is 2.50. The van der Waals surface area contributed by atoms with E-state index in [2.05, 4.69) is 20.9 Å². The van der Waals surface area contributed by atoms with Crippen LogP contribution in [-0.2, 0) is 6.42 Å². The number of fused-ring (bicyclic) bond motifs is 1. The summed E-state index contributed by atoms with van der Waals surface area (Å²) in [6.45, 7) is 5.53. The number of benzene rings is 2. The molecule has 3 nitrogen and oxygen atoms in total. The van der Waals surface area contributed by atoms with Gasteiger partial charge >= 0.3 is 0 Å². The third-order valence-electron chi connectivity index (χ3n) is 3.93. The highest BCUT2D eigenvalue weighted by Gasteiger charge is 2.15. The molecular formula is C18H16BrFN2O. The average molecular weight is 375 g/mol. The van der Waals surface area contributed by atoms with Crippen LogP contribution >= 0.6 is 15.9 Å². The van der Waals surface area contributed by atoms with Gasteiger partial charge in [-0.3, -0.25) is 9.36 Å². The van der Waals surface area contributed by atoms with E-state index in [4.69, 9.17) is 0 Å². The minimum absolute atomic E-state index is 0.166. The van der Waals surface area contributed by atoms with E-state index < -0.39 is 0 Å². The van der Waals surface area contributed by atoms with E-state index in [9.17, 15) is 9.18 Å². The Labute approximate surface area is 141 Å². The zero-order valence-electron chi connectivity index (χ0n) is 13.2. The Morgan fingerprint density at radius 1 is 1.17 bits per heavy atom. The van der Waals surface area contributed by atoms with Gasteiger partial charge in [0.15, 0.2) is 0 Å². The van der Waals surface area contributed by atoms with Crippen molar-refractivity contribution in [1.82, 2.24) is 9.55 Å². The zero-order valence-corrected chi connectivity index (χ0v) is 14.7. The van der Waals surface area contributed by atoms with Gasteiger partial charge in [-0.1, -0.05) is 22.9 Å². The summed E-state index contributed by atoms with van der Waals surface area (Å²) in [6, 6.07) is 8.66. The minimum Gasteiger partial charge on any atom is -0.268 e. The Kier molecular flexibility index (Phi) is 4.06. The van der Waals surface area contributed by atoms with Crippen molar-refractivity contribution in [2.45, 2.75) is 27.2 Å². The van der Waals surface area contributed by atoms with Crippen molar-refractivity contribution < 1.29 is 4.39 Å². The van der Waals surface area contributed by atoms with E-state index >= 15 is 0 Å². The van der Waals surface area contributed by atoms with Crippen LogP contribution in [0.15, 0.2) is 39.6 Å².